The molecular weight excluding hydrogens is 358 g/mol. The van der Waals surface area contributed by atoms with E-state index < -0.39 is 0 Å². The molecule has 150 valence electrons. The first kappa shape index (κ1) is 18.9. The van der Waals surface area contributed by atoms with Crippen LogP contribution in [0.3, 0.4) is 0 Å². The summed E-state index contributed by atoms with van der Waals surface area (Å²) in [5, 5.41) is 7.22. The van der Waals surface area contributed by atoms with Gasteiger partial charge in [-0.15, -0.1) is 0 Å². The topological polar surface area (TPSA) is 93.4 Å². The molecule has 1 fully saturated rings. The van der Waals surface area contributed by atoms with Crippen LogP contribution in [0.4, 0.5) is 5.95 Å². The highest BCUT2D eigenvalue weighted by Crippen LogP contribution is 2.21. The lowest BCUT2D eigenvalue weighted by atomic mass is 10.0. The van der Waals surface area contributed by atoms with Crippen molar-refractivity contribution in [2.45, 2.75) is 58.6 Å². The molecule has 0 aliphatic carbocycles. The Morgan fingerprint density at radius 1 is 1.36 bits per heavy atom. The van der Waals surface area contributed by atoms with Crippen LogP contribution in [0.15, 0.2) is 10.7 Å². The van der Waals surface area contributed by atoms with Gasteiger partial charge in [0.2, 0.25) is 5.95 Å². The minimum atomic E-state index is -0.0923. The maximum absolute atomic E-state index is 12.9. The zero-order chi connectivity index (χ0) is 19.5. The lowest BCUT2D eigenvalue weighted by Gasteiger charge is -2.33. The van der Waals surface area contributed by atoms with E-state index in [9.17, 15) is 4.79 Å². The Hall–Kier alpha value is -2.48. The van der Waals surface area contributed by atoms with Crippen molar-refractivity contribution in [3.8, 4) is 0 Å². The van der Waals surface area contributed by atoms with Crippen LogP contribution in [0.2, 0.25) is 0 Å². The van der Waals surface area contributed by atoms with Crippen LogP contribution < -0.4 is 10.2 Å². The number of rotatable bonds is 5. The Bertz CT molecular complexity index is 829. The predicted octanol–water partition coefficient (Wildman–Crippen LogP) is 2.06. The molecule has 2 aliphatic heterocycles. The van der Waals surface area contributed by atoms with Gasteiger partial charge in [-0.05, 0) is 19.3 Å². The number of nitrogens with one attached hydrogen (secondary N) is 1. The second kappa shape index (κ2) is 8.26. The molecular formula is C20H27N5O3. The number of carbonyl (C=O) groups is 1. The van der Waals surface area contributed by atoms with E-state index in [0.717, 1.165) is 48.7 Å². The summed E-state index contributed by atoms with van der Waals surface area (Å²) < 4.78 is 10.8. The Morgan fingerprint density at radius 2 is 2.25 bits per heavy atom. The fourth-order valence-electron chi connectivity index (χ4n) is 3.91. The number of nitrogens with zero attached hydrogens (tertiary/aromatic N) is 4. The molecule has 1 amide bonds. The van der Waals surface area contributed by atoms with Crippen LogP contribution >= 0.6 is 0 Å². The second-order valence-corrected chi connectivity index (χ2v) is 7.34. The molecule has 2 aromatic heterocycles. The number of aryl methyl sites for hydroxylation is 2. The van der Waals surface area contributed by atoms with Gasteiger partial charge in [0.25, 0.3) is 5.91 Å². The van der Waals surface area contributed by atoms with E-state index in [1.54, 1.807) is 0 Å². The Balaban J connectivity index is 1.46. The van der Waals surface area contributed by atoms with E-state index in [2.05, 4.69) is 20.4 Å². The van der Waals surface area contributed by atoms with Crippen LogP contribution in [0, 0.1) is 0 Å². The van der Waals surface area contributed by atoms with Crippen LogP contribution in [0.1, 0.15) is 59.8 Å². The third-order valence-electron chi connectivity index (χ3n) is 5.44. The zero-order valence-corrected chi connectivity index (χ0v) is 16.5. The number of hydrogen-bond donors (Lipinski definition) is 1. The van der Waals surface area contributed by atoms with Crippen molar-refractivity contribution in [3.63, 3.8) is 0 Å². The molecule has 1 atom stereocenters. The molecule has 0 saturated carbocycles. The Labute approximate surface area is 164 Å². The normalized spacial score (nSPS) is 19.4. The summed E-state index contributed by atoms with van der Waals surface area (Å²) in [5.41, 5.74) is 3.48. The number of hydrogen-bond acceptors (Lipinski definition) is 7. The predicted molar refractivity (Wildman–Crippen MR) is 103 cm³/mol. The summed E-state index contributed by atoms with van der Waals surface area (Å²) in [5.74, 6) is 1.31. The van der Waals surface area contributed by atoms with Crippen LogP contribution in [0.5, 0.6) is 0 Å². The maximum Gasteiger partial charge on any atom is 0.257 e. The summed E-state index contributed by atoms with van der Waals surface area (Å²) >= 11 is 0. The number of aromatic nitrogens is 3. The quantitative estimate of drug-likeness (QED) is 0.842. The van der Waals surface area contributed by atoms with E-state index in [4.69, 9.17) is 14.2 Å². The van der Waals surface area contributed by atoms with Crippen LogP contribution in [-0.4, -0.2) is 46.8 Å². The highest BCUT2D eigenvalue weighted by Gasteiger charge is 2.27. The highest BCUT2D eigenvalue weighted by molar-refractivity contribution is 5.96. The summed E-state index contributed by atoms with van der Waals surface area (Å²) in [7, 11) is 0. The molecule has 28 heavy (non-hydrogen) atoms. The van der Waals surface area contributed by atoms with Crippen LogP contribution in [0.25, 0.3) is 0 Å². The summed E-state index contributed by atoms with van der Waals surface area (Å²) in [6.07, 6.45) is 5.95. The molecule has 4 rings (SSSR count). The standard InChI is InChI=1S/C20H27N5O3/c1-3-15-18(17(4-2)28-24-15)19(26)22-14-6-5-8-25(11-14)20-21-10-13-12-27-9-7-16(13)23-20/h10,14H,3-9,11-12H2,1-2H3,(H,22,26)/t14-/m0/s1. The molecule has 1 N–H and O–H groups in total. The number of ether oxygens (including phenoxy) is 1. The molecule has 8 heteroatoms. The molecule has 0 spiro atoms. The van der Waals surface area contributed by atoms with Gasteiger partial charge in [-0.1, -0.05) is 19.0 Å². The average molecular weight is 385 g/mol. The number of carbonyl (C=O) groups excluding carboxylic acids is 1. The minimum Gasteiger partial charge on any atom is -0.376 e. The minimum absolute atomic E-state index is 0.0496. The van der Waals surface area contributed by atoms with E-state index in [-0.39, 0.29) is 11.9 Å². The van der Waals surface area contributed by atoms with Gasteiger partial charge < -0.3 is 19.5 Å². The van der Waals surface area contributed by atoms with Crippen molar-refractivity contribution in [2.75, 3.05) is 24.6 Å². The molecule has 0 radical (unpaired) electrons. The number of anilines is 1. The van der Waals surface area contributed by atoms with Gasteiger partial charge in [-0.2, -0.15) is 0 Å². The number of fused-ring (bicyclic) bond motifs is 1. The lowest BCUT2D eigenvalue weighted by Crippen LogP contribution is -2.48. The first-order valence-corrected chi connectivity index (χ1v) is 10.1. The first-order chi connectivity index (χ1) is 13.7. The Morgan fingerprint density at radius 3 is 3.07 bits per heavy atom. The first-order valence-electron chi connectivity index (χ1n) is 10.1. The van der Waals surface area contributed by atoms with Gasteiger partial charge in [-0.25, -0.2) is 9.97 Å². The number of amides is 1. The SMILES string of the molecule is CCc1noc(CC)c1C(=O)N[C@H]1CCCN(c2ncc3c(n2)CCOC3)C1. The number of piperidine rings is 1. The van der Waals surface area contributed by atoms with Gasteiger partial charge in [0.05, 0.1) is 24.6 Å². The van der Waals surface area contributed by atoms with E-state index in [1.165, 1.54) is 0 Å². The second-order valence-electron chi connectivity index (χ2n) is 7.34. The molecule has 0 unspecified atom stereocenters. The summed E-state index contributed by atoms with van der Waals surface area (Å²) in [4.78, 5) is 24.3. The van der Waals surface area contributed by atoms with E-state index in [1.807, 2.05) is 20.0 Å². The zero-order valence-electron chi connectivity index (χ0n) is 16.5. The van der Waals surface area contributed by atoms with Gasteiger partial charge in [-0.3, -0.25) is 4.79 Å². The van der Waals surface area contributed by atoms with E-state index in [0.29, 0.717) is 43.9 Å². The van der Waals surface area contributed by atoms with Crippen LogP contribution in [-0.2, 0) is 30.6 Å². The monoisotopic (exact) mass is 385 g/mol. The fraction of sp³-hybridized carbons (Fsp3) is 0.600. The fourth-order valence-corrected chi connectivity index (χ4v) is 3.91. The lowest BCUT2D eigenvalue weighted by molar-refractivity contribution is 0.0930. The van der Waals surface area contributed by atoms with Crippen molar-refractivity contribution >= 4 is 11.9 Å². The van der Waals surface area contributed by atoms with Crippen molar-refractivity contribution in [3.05, 3.63) is 34.5 Å². The molecule has 2 aromatic rings. The van der Waals surface area contributed by atoms with Gasteiger partial charge in [0.15, 0.2) is 0 Å². The molecule has 4 heterocycles. The third-order valence-corrected chi connectivity index (χ3v) is 5.44. The maximum atomic E-state index is 12.9. The Kier molecular flexibility index (Phi) is 5.57. The van der Waals surface area contributed by atoms with Crippen molar-refractivity contribution in [1.29, 1.82) is 0 Å². The van der Waals surface area contributed by atoms with Crippen molar-refractivity contribution in [2.24, 2.45) is 0 Å². The smallest absolute Gasteiger partial charge is 0.257 e. The van der Waals surface area contributed by atoms with Crippen molar-refractivity contribution < 1.29 is 14.1 Å². The molecule has 1 saturated heterocycles. The molecule has 0 bridgehead atoms. The largest absolute Gasteiger partial charge is 0.376 e. The van der Waals surface area contributed by atoms with Gasteiger partial charge >= 0.3 is 0 Å². The molecule has 2 aliphatic rings. The summed E-state index contributed by atoms with van der Waals surface area (Å²) in [6.45, 7) is 6.85. The van der Waals surface area contributed by atoms with Gasteiger partial charge in [0, 0.05) is 43.7 Å². The average Bonchev–Trinajstić information content (AvgIpc) is 3.17. The highest BCUT2D eigenvalue weighted by atomic mass is 16.5. The summed E-state index contributed by atoms with van der Waals surface area (Å²) in [6, 6.07) is 0.0496. The molecule has 8 nitrogen and oxygen atoms in total. The van der Waals surface area contributed by atoms with E-state index >= 15 is 0 Å². The van der Waals surface area contributed by atoms with Crippen molar-refractivity contribution in [1.82, 2.24) is 20.4 Å². The van der Waals surface area contributed by atoms with Gasteiger partial charge in [0.1, 0.15) is 11.3 Å². The third kappa shape index (κ3) is 3.73. The molecule has 0 aromatic carbocycles.